The molecule has 0 radical (unpaired) electrons. The van der Waals surface area contributed by atoms with Crippen molar-refractivity contribution in [3.63, 3.8) is 0 Å². The van der Waals surface area contributed by atoms with E-state index in [9.17, 15) is 22.8 Å². The van der Waals surface area contributed by atoms with Gasteiger partial charge in [-0.25, -0.2) is 14.7 Å². The van der Waals surface area contributed by atoms with Crippen LogP contribution in [0.25, 0.3) is 0 Å². The summed E-state index contributed by atoms with van der Waals surface area (Å²) in [6.45, 7) is 0. The number of nitrogens with one attached hydrogen (secondary N) is 1. The lowest BCUT2D eigenvalue weighted by atomic mass is 10.2. The first-order chi connectivity index (χ1) is 11.9. The Morgan fingerprint density at radius 2 is 1.81 bits per heavy atom. The maximum absolute atomic E-state index is 12.9. The number of carbonyl (C=O) groups is 2. The Morgan fingerprint density at radius 1 is 1.19 bits per heavy atom. The van der Waals surface area contributed by atoms with Gasteiger partial charge in [0.05, 0.1) is 11.3 Å². The lowest BCUT2D eigenvalue weighted by Gasteiger charge is -2.20. The first-order valence-corrected chi connectivity index (χ1v) is 8.12. The van der Waals surface area contributed by atoms with Crippen molar-refractivity contribution in [3.8, 4) is 0 Å². The molecule has 0 spiro atoms. The standard InChI is InChI=1S/C14H12Cl3F3N4O2/c1-21-11(13(15,16)17)22-9-10(25)24(12(26)23(9)2)8-5-3-4-7(6-8)14(18,19)20/h3-6,11,21H,1-2H3/b22-9-. The average molecular weight is 432 g/mol. The number of imide groups is 1. The third kappa shape index (κ3) is 4.06. The predicted molar refractivity (Wildman–Crippen MR) is 92.7 cm³/mol. The van der Waals surface area contributed by atoms with Crippen LogP contribution in [0.15, 0.2) is 29.3 Å². The lowest BCUT2D eigenvalue weighted by molar-refractivity contribution is -0.137. The number of anilines is 1. The van der Waals surface area contributed by atoms with Gasteiger partial charge >= 0.3 is 18.1 Å². The molecule has 1 fully saturated rings. The normalized spacial score (nSPS) is 18.8. The van der Waals surface area contributed by atoms with E-state index < -0.39 is 33.6 Å². The number of rotatable bonds is 3. The molecule has 26 heavy (non-hydrogen) atoms. The Kier molecular flexibility index (Phi) is 5.77. The van der Waals surface area contributed by atoms with E-state index in [1.807, 2.05) is 0 Å². The minimum absolute atomic E-state index is 0.248. The molecule has 2 rings (SSSR count). The van der Waals surface area contributed by atoms with Gasteiger partial charge in [-0.1, -0.05) is 40.9 Å². The van der Waals surface area contributed by atoms with Gasteiger partial charge in [-0.2, -0.15) is 13.2 Å². The number of hydrogen-bond donors (Lipinski definition) is 1. The second-order valence-electron chi connectivity index (χ2n) is 5.22. The molecule has 142 valence electrons. The number of amidine groups is 1. The summed E-state index contributed by atoms with van der Waals surface area (Å²) in [5.41, 5.74) is -1.25. The Bertz CT molecular complexity index is 765. The summed E-state index contributed by atoms with van der Waals surface area (Å²) in [5, 5.41) is 2.57. The molecule has 1 aromatic rings. The molecule has 1 aliphatic rings. The third-order valence-corrected chi connectivity index (χ3v) is 4.08. The first kappa shape index (κ1) is 20.8. The molecule has 1 aliphatic heterocycles. The van der Waals surface area contributed by atoms with Crippen LogP contribution in [0.4, 0.5) is 23.7 Å². The van der Waals surface area contributed by atoms with E-state index in [1.54, 1.807) is 0 Å². The van der Waals surface area contributed by atoms with Crippen molar-refractivity contribution in [1.29, 1.82) is 0 Å². The second-order valence-corrected chi connectivity index (χ2v) is 7.58. The molecule has 6 nitrogen and oxygen atoms in total. The van der Waals surface area contributed by atoms with E-state index in [2.05, 4.69) is 10.3 Å². The van der Waals surface area contributed by atoms with Crippen LogP contribution in [0.5, 0.6) is 0 Å². The van der Waals surface area contributed by atoms with Crippen molar-refractivity contribution in [2.45, 2.75) is 16.1 Å². The second kappa shape index (κ2) is 7.22. The van der Waals surface area contributed by atoms with Crippen LogP contribution in [0.3, 0.4) is 0 Å². The first-order valence-electron chi connectivity index (χ1n) is 6.99. The minimum Gasteiger partial charge on any atom is -0.295 e. The highest BCUT2D eigenvalue weighted by Crippen LogP contribution is 2.34. The Hall–Kier alpha value is -1.55. The SMILES string of the molecule is CNC(/N=C1/C(=O)N(c2cccc(C(F)(F)F)c2)C(=O)N1C)C(Cl)(Cl)Cl. The number of carbonyl (C=O) groups excluding carboxylic acids is 2. The maximum Gasteiger partial charge on any atom is 0.416 e. The summed E-state index contributed by atoms with van der Waals surface area (Å²) in [6.07, 6.45) is -5.79. The Balaban J connectivity index is 2.45. The topological polar surface area (TPSA) is 65.0 Å². The number of aliphatic imine (C=N–C) groups is 1. The molecule has 12 heteroatoms. The van der Waals surface area contributed by atoms with Gasteiger partial charge in [-0.15, -0.1) is 0 Å². The van der Waals surface area contributed by atoms with E-state index in [1.165, 1.54) is 20.2 Å². The highest BCUT2D eigenvalue weighted by molar-refractivity contribution is 6.68. The van der Waals surface area contributed by atoms with Crippen molar-refractivity contribution >= 4 is 58.3 Å². The largest absolute Gasteiger partial charge is 0.416 e. The van der Waals surface area contributed by atoms with Crippen LogP contribution in [-0.4, -0.2) is 46.7 Å². The summed E-state index contributed by atoms with van der Waals surface area (Å²) in [6, 6.07) is 2.93. The average Bonchev–Trinajstić information content (AvgIpc) is 2.73. The van der Waals surface area contributed by atoms with Gasteiger partial charge in [0, 0.05) is 7.05 Å². The quantitative estimate of drug-likeness (QED) is 0.589. The molecule has 1 N–H and O–H groups in total. The van der Waals surface area contributed by atoms with Crippen LogP contribution >= 0.6 is 34.8 Å². The van der Waals surface area contributed by atoms with E-state index >= 15 is 0 Å². The highest BCUT2D eigenvalue weighted by atomic mass is 35.6. The van der Waals surface area contributed by atoms with E-state index in [-0.39, 0.29) is 11.5 Å². The summed E-state index contributed by atoms with van der Waals surface area (Å²) in [5.74, 6) is -1.32. The molecule has 1 saturated heterocycles. The number of alkyl halides is 6. The van der Waals surface area contributed by atoms with Gasteiger partial charge in [0.2, 0.25) is 9.63 Å². The number of likely N-dealkylation sites (N-methyl/N-ethyl adjacent to an activating group) is 1. The molecular weight excluding hydrogens is 420 g/mol. The fourth-order valence-electron chi connectivity index (χ4n) is 2.19. The number of benzene rings is 1. The van der Waals surface area contributed by atoms with Gasteiger partial charge in [-0.3, -0.25) is 15.0 Å². The molecule has 0 bridgehead atoms. The van der Waals surface area contributed by atoms with Gasteiger partial charge < -0.3 is 0 Å². The van der Waals surface area contributed by atoms with Crippen molar-refractivity contribution < 1.29 is 22.8 Å². The monoisotopic (exact) mass is 430 g/mol. The molecule has 0 aromatic heterocycles. The molecular formula is C14H12Cl3F3N4O2. The highest BCUT2D eigenvalue weighted by Gasteiger charge is 2.44. The van der Waals surface area contributed by atoms with Gasteiger partial charge in [0.15, 0.2) is 0 Å². The van der Waals surface area contributed by atoms with Gasteiger partial charge in [0.1, 0.15) is 6.17 Å². The maximum atomic E-state index is 12.9. The summed E-state index contributed by atoms with van der Waals surface area (Å²) in [7, 11) is 2.65. The smallest absolute Gasteiger partial charge is 0.295 e. The number of halogens is 6. The molecule has 1 heterocycles. The molecule has 1 unspecified atom stereocenters. The van der Waals surface area contributed by atoms with Gasteiger partial charge in [0.25, 0.3) is 0 Å². The predicted octanol–water partition coefficient (Wildman–Crippen LogP) is 3.42. The summed E-state index contributed by atoms with van der Waals surface area (Å²) in [4.78, 5) is 30.3. The number of nitrogens with zero attached hydrogens (tertiary/aromatic N) is 3. The van der Waals surface area contributed by atoms with Crippen LogP contribution in [0.2, 0.25) is 0 Å². The zero-order valence-corrected chi connectivity index (χ0v) is 15.6. The van der Waals surface area contributed by atoms with Crippen LogP contribution in [0, 0.1) is 0 Å². The van der Waals surface area contributed by atoms with Crippen molar-refractivity contribution in [1.82, 2.24) is 10.2 Å². The lowest BCUT2D eigenvalue weighted by Crippen LogP contribution is -2.39. The number of hydrogen-bond acceptors (Lipinski definition) is 4. The van der Waals surface area contributed by atoms with Crippen molar-refractivity contribution in [3.05, 3.63) is 29.8 Å². The molecule has 1 aromatic carbocycles. The fourth-order valence-corrected chi connectivity index (χ4v) is 2.66. The fraction of sp³-hybridized carbons (Fsp3) is 0.357. The Morgan fingerprint density at radius 3 is 2.31 bits per heavy atom. The zero-order valence-electron chi connectivity index (χ0n) is 13.3. The van der Waals surface area contributed by atoms with E-state index in [0.29, 0.717) is 11.0 Å². The molecule has 1 atom stereocenters. The molecule has 3 amide bonds. The van der Waals surface area contributed by atoms with Crippen LogP contribution in [0.1, 0.15) is 5.56 Å². The number of urea groups is 1. The van der Waals surface area contributed by atoms with Crippen LogP contribution in [-0.2, 0) is 11.0 Å². The third-order valence-electron chi connectivity index (χ3n) is 3.46. The number of amides is 3. The summed E-state index contributed by atoms with van der Waals surface area (Å²) < 4.78 is 36.7. The van der Waals surface area contributed by atoms with Crippen molar-refractivity contribution in [2.24, 2.45) is 4.99 Å². The van der Waals surface area contributed by atoms with Crippen LogP contribution < -0.4 is 10.2 Å². The molecule has 0 aliphatic carbocycles. The Labute approximate surface area is 161 Å². The molecule has 0 saturated carbocycles. The summed E-state index contributed by atoms with van der Waals surface area (Å²) >= 11 is 17.2. The van der Waals surface area contributed by atoms with Gasteiger partial charge in [-0.05, 0) is 25.2 Å². The van der Waals surface area contributed by atoms with Crippen molar-refractivity contribution in [2.75, 3.05) is 19.0 Å². The van der Waals surface area contributed by atoms with E-state index in [0.717, 1.165) is 17.0 Å². The zero-order chi connectivity index (χ0) is 19.9. The van der Waals surface area contributed by atoms with E-state index in [4.69, 9.17) is 34.8 Å². The minimum atomic E-state index is -4.63.